The van der Waals surface area contributed by atoms with Crippen LogP contribution in [-0.2, 0) is 0 Å². The molecule has 0 aliphatic carbocycles. The lowest BCUT2D eigenvalue weighted by Gasteiger charge is -2.33. The summed E-state index contributed by atoms with van der Waals surface area (Å²) in [7, 11) is 0. The van der Waals surface area contributed by atoms with Gasteiger partial charge in [0.05, 0.1) is 11.9 Å². The van der Waals surface area contributed by atoms with Crippen molar-refractivity contribution in [1.29, 1.82) is 0 Å². The zero-order chi connectivity index (χ0) is 11.9. The lowest BCUT2D eigenvalue weighted by atomic mass is 10.3. The van der Waals surface area contributed by atoms with Crippen LogP contribution in [0.2, 0.25) is 0 Å². The fraction of sp³-hybridized carbons (Fsp3) is 0.500. The Morgan fingerprint density at radius 1 is 1.05 bits per heavy atom. The van der Waals surface area contributed by atoms with Gasteiger partial charge in [0, 0.05) is 38.6 Å². The smallest absolute Gasteiger partial charge is 0.225 e. The Morgan fingerprint density at radius 2 is 1.68 bits per heavy atom. The van der Waals surface area contributed by atoms with Gasteiger partial charge in [-0.1, -0.05) is 27.8 Å². The van der Waals surface area contributed by atoms with E-state index >= 15 is 0 Å². The molecular weight excluding hydrogens is 351 g/mol. The van der Waals surface area contributed by atoms with Gasteiger partial charge in [-0.05, 0) is 6.07 Å². The Bertz CT molecular complexity index is 399. The summed E-state index contributed by atoms with van der Waals surface area (Å²) < 4.78 is 0. The summed E-state index contributed by atoms with van der Waals surface area (Å²) in [5, 5.41) is 0.755. The van der Waals surface area contributed by atoms with E-state index in [-0.39, 0.29) is 24.8 Å². The molecular formula is C12H17BrCl2N4. The van der Waals surface area contributed by atoms with Crippen LogP contribution in [0.4, 0.5) is 5.95 Å². The molecule has 0 amide bonds. The number of alkyl halides is 1. The van der Waals surface area contributed by atoms with Crippen molar-refractivity contribution < 1.29 is 0 Å². The number of aromatic nitrogens is 2. The number of halogens is 3. The van der Waals surface area contributed by atoms with Gasteiger partial charge in [-0.15, -0.1) is 24.8 Å². The van der Waals surface area contributed by atoms with Crippen molar-refractivity contribution in [3.63, 3.8) is 0 Å². The lowest BCUT2D eigenvalue weighted by molar-refractivity contribution is 0.286. The van der Waals surface area contributed by atoms with Gasteiger partial charge in [-0.25, -0.2) is 9.97 Å². The van der Waals surface area contributed by atoms with Crippen molar-refractivity contribution in [3.05, 3.63) is 18.5 Å². The summed E-state index contributed by atoms with van der Waals surface area (Å²) in [4.78, 5) is 13.1. The molecule has 19 heavy (non-hydrogen) atoms. The first-order valence-electron chi connectivity index (χ1n) is 5.66. The third kappa shape index (κ3) is 5.96. The number of anilines is 1. The molecule has 1 aliphatic heterocycles. The van der Waals surface area contributed by atoms with Crippen LogP contribution in [-0.4, -0.2) is 52.9 Å². The third-order valence-electron chi connectivity index (χ3n) is 2.70. The molecule has 2 heterocycles. The average Bonchev–Trinajstić information content (AvgIpc) is 2.41. The summed E-state index contributed by atoms with van der Waals surface area (Å²) in [6.45, 7) is 4.85. The molecule has 0 unspecified atom stereocenters. The Morgan fingerprint density at radius 3 is 2.26 bits per heavy atom. The first-order chi connectivity index (χ1) is 8.40. The van der Waals surface area contributed by atoms with Crippen LogP contribution in [0.1, 0.15) is 0 Å². The molecule has 0 N–H and O–H groups in total. The lowest BCUT2D eigenvalue weighted by Crippen LogP contribution is -2.47. The molecule has 7 heteroatoms. The molecule has 106 valence electrons. The van der Waals surface area contributed by atoms with E-state index in [2.05, 4.69) is 47.5 Å². The van der Waals surface area contributed by atoms with Crippen LogP contribution in [0.25, 0.3) is 0 Å². The highest BCUT2D eigenvalue weighted by molar-refractivity contribution is 9.09. The van der Waals surface area contributed by atoms with E-state index in [0.717, 1.165) is 44.0 Å². The summed E-state index contributed by atoms with van der Waals surface area (Å²) in [6, 6.07) is 1.84. The van der Waals surface area contributed by atoms with Crippen LogP contribution in [0.5, 0.6) is 0 Å². The normalized spacial score (nSPS) is 14.7. The van der Waals surface area contributed by atoms with Crippen molar-refractivity contribution in [2.75, 3.05) is 43.0 Å². The van der Waals surface area contributed by atoms with E-state index < -0.39 is 0 Å². The molecule has 4 nitrogen and oxygen atoms in total. The fourth-order valence-corrected chi connectivity index (χ4v) is 1.97. The topological polar surface area (TPSA) is 32.3 Å². The van der Waals surface area contributed by atoms with E-state index in [1.165, 1.54) is 0 Å². The Labute approximate surface area is 134 Å². The zero-order valence-corrected chi connectivity index (χ0v) is 13.7. The second-order valence-electron chi connectivity index (χ2n) is 3.80. The van der Waals surface area contributed by atoms with Crippen molar-refractivity contribution in [1.82, 2.24) is 14.9 Å². The van der Waals surface area contributed by atoms with Gasteiger partial charge in [0.15, 0.2) is 0 Å². The van der Waals surface area contributed by atoms with E-state index in [9.17, 15) is 0 Å². The van der Waals surface area contributed by atoms with Crippen molar-refractivity contribution >= 4 is 46.7 Å². The number of rotatable bonds is 2. The van der Waals surface area contributed by atoms with E-state index in [0.29, 0.717) is 0 Å². The first kappa shape index (κ1) is 18.5. The minimum absolute atomic E-state index is 0. The van der Waals surface area contributed by atoms with Crippen LogP contribution < -0.4 is 4.90 Å². The molecule has 0 radical (unpaired) electrons. The number of hydrogen-bond acceptors (Lipinski definition) is 4. The molecule has 1 aliphatic rings. The molecule has 0 spiro atoms. The summed E-state index contributed by atoms with van der Waals surface area (Å²) in [6.07, 6.45) is 3.58. The van der Waals surface area contributed by atoms with Gasteiger partial charge >= 0.3 is 0 Å². The van der Waals surface area contributed by atoms with E-state index in [4.69, 9.17) is 0 Å². The maximum Gasteiger partial charge on any atom is 0.225 e. The van der Waals surface area contributed by atoms with Crippen molar-refractivity contribution in [2.24, 2.45) is 0 Å². The Kier molecular flexibility index (Phi) is 9.98. The van der Waals surface area contributed by atoms with Crippen molar-refractivity contribution in [3.8, 4) is 11.8 Å². The van der Waals surface area contributed by atoms with Gasteiger partial charge in [-0.3, -0.25) is 4.90 Å². The minimum atomic E-state index is 0. The van der Waals surface area contributed by atoms with Crippen LogP contribution >= 0.6 is 40.7 Å². The number of nitrogens with zero attached hydrogens (tertiary/aromatic N) is 4. The van der Waals surface area contributed by atoms with E-state index in [1.54, 1.807) is 12.4 Å². The standard InChI is InChI=1S/C12H15BrN4.2ClH/c13-4-1-2-7-16-8-10-17(11-9-16)12-14-5-3-6-15-12;;/h3,5-6H,4,7-11H2;2*1H. The van der Waals surface area contributed by atoms with Gasteiger partial charge in [0.1, 0.15) is 0 Å². The third-order valence-corrected chi connectivity index (χ3v) is 2.98. The molecule has 0 atom stereocenters. The summed E-state index contributed by atoms with van der Waals surface area (Å²) in [5.41, 5.74) is 0. The second-order valence-corrected chi connectivity index (χ2v) is 4.36. The zero-order valence-electron chi connectivity index (χ0n) is 10.5. The Balaban J connectivity index is 0.00000162. The van der Waals surface area contributed by atoms with Gasteiger partial charge in [0.2, 0.25) is 5.95 Å². The SMILES string of the molecule is BrCC#CCN1CCN(c2ncccn2)CC1.Cl.Cl. The van der Waals surface area contributed by atoms with Gasteiger partial charge in [-0.2, -0.15) is 0 Å². The molecule has 1 aromatic heterocycles. The molecule has 0 bridgehead atoms. The average molecular weight is 368 g/mol. The van der Waals surface area contributed by atoms with Crippen LogP contribution in [0.15, 0.2) is 18.5 Å². The fourth-order valence-electron chi connectivity index (χ4n) is 1.78. The van der Waals surface area contributed by atoms with Crippen LogP contribution in [0.3, 0.4) is 0 Å². The highest BCUT2D eigenvalue weighted by Gasteiger charge is 2.17. The molecule has 2 rings (SSSR count). The number of piperazine rings is 1. The first-order valence-corrected chi connectivity index (χ1v) is 6.78. The molecule has 1 fully saturated rings. The molecule has 0 aromatic carbocycles. The van der Waals surface area contributed by atoms with Crippen LogP contribution in [0, 0.1) is 11.8 Å². The molecule has 1 saturated heterocycles. The largest absolute Gasteiger partial charge is 0.338 e. The summed E-state index contributed by atoms with van der Waals surface area (Å²) in [5.74, 6) is 7.00. The quantitative estimate of drug-likeness (QED) is 0.589. The Hall–Kier alpha value is -0.540. The van der Waals surface area contributed by atoms with Gasteiger partial charge < -0.3 is 4.90 Å². The van der Waals surface area contributed by atoms with E-state index in [1.807, 2.05) is 6.07 Å². The summed E-state index contributed by atoms with van der Waals surface area (Å²) >= 11 is 3.30. The maximum atomic E-state index is 4.26. The van der Waals surface area contributed by atoms with Gasteiger partial charge in [0.25, 0.3) is 0 Å². The monoisotopic (exact) mass is 366 g/mol. The minimum Gasteiger partial charge on any atom is -0.338 e. The molecule has 1 aromatic rings. The predicted octanol–water partition coefficient (Wildman–Crippen LogP) is 1.84. The predicted molar refractivity (Wildman–Crippen MR) is 86.8 cm³/mol. The van der Waals surface area contributed by atoms with Crippen molar-refractivity contribution in [2.45, 2.75) is 0 Å². The highest BCUT2D eigenvalue weighted by Crippen LogP contribution is 2.08. The maximum absolute atomic E-state index is 4.26. The number of hydrogen-bond donors (Lipinski definition) is 0. The highest BCUT2D eigenvalue weighted by atomic mass is 79.9. The molecule has 0 saturated carbocycles. The second kappa shape index (κ2) is 10.3.